The van der Waals surface area contributed by atoms with E-state index < -0.39 is 5.54 Å². The number of hydrogen-bond donors (Lipinski definition) is 2. The van der Waals surface area contributed by atoms with Gasteiger partial charge in [-0.2, -0.15) is 0 Å². The van der Waals surface area contributed by atoms with Gasteiger partial charge in [-0.05, 0) is 43.4 Å². The summed E-state index contributed by atoms with van der Waals surface area (Å²) in [5, 5.41) is 2.84. The monoisotopic (exact) mass is 280 g/mol. The van der Waals surface area contributed by atoms with Crippen molar-refractivity contribution in [2.75, 3.05) is 13.2 Å². The van der Waals surface area contributed by atoms with Crippen LogP contribution in [0, 0.1) is 19.7 Å². The van der Waals surface area contributed by atoms with Gasteiger partial charge in [-0.15, -0.1) is 0 Å². The lowest BCUT2D eigenvalue weighted by atomic mass is 9.90. The second-order valence-electron chi connectivity index (χ2n) is 5.49. The lowest BCUT2D eigenvalue weighted by Crippen LogP contribution is -2.56. The molecule has 0 saturated carbocycles. The highest BCUT2D eigenvalue weighted by molar-refractivity contribution is 5.86. The Morgan fingerprint density at radius 1 is 1.35 bits per heavy atom. The van der Waals surface area contributed by atoms with Gasteiger partial charge in [-0.25, -0.2) is 4.39 Å². The summed E-state index contributed by atoms with van der Waals surface area (Å²) in [7, 11) is 0. The van der Waals surface area contributed by atoms with Gasteiger partial charge in [0.15, 0.2) is 0 Å². The number of ether oxygens (including phenoxy) is 1. The summed E-state index contributed by atoms with van der Waals surface area (Å²) in [4.78, 5) is 12.2. The molecule has 1 amide bonds. The van der Waals surface area contributed by atoms with Crippen molar-refractivity contribution >= 4 is 5.91 Å². The molecule has 110 valence electrons. The maximum atomic E-state index is 13.5. The number of halogens is 1. The Morgan fingerprint density at radius 2 is 1.90 bits per heavy atom. The molecule has 1 saturated heterocycles. The zero-order valence-electron chi connectivity index (χ0n) is 12.0. The Labute approximate surface area is 118 Å². The minimum absolute atomic E-state index is 0.166. The lowest BCUT2D eigenvalue weighted by Gasteiger charge is -2.31. The fourth-order valence-electron chi connectivity index (χ4n) is 2.46. The standard InChI is InChI=1S/C15H21FN2O2/c1-10-7-12(8-11(2)13(10)16)9-18-14(19)15(17)3-5-20-6-4-15/h7-8H,3-6,9,17H2,1-2H3,(H,18,19). The van der Waals surface area contributed by atoms with Crippen LogP contribution in [0.25, 0.3) is 0 Å². The highest BCUT2D eigenvalue weighted by Gasteiger charge is 2.35. The van der Waals surface area contributed by atoms with Gasteiger partial charge in [0, 0.05) is 19.8 Å². The maximum Gasteiger partial charge on any atom is 0.240 e. The van der Waals surface area contributed by atoms with E-state index in [1.54, 1.807) is 26.0 Å². The van der Waals surface area contributed by atoms with Crippen LogP contribution in [0.4, 0.5) is 4.39 Å². The molecule has 1 aromatic rings. The smallest absolute Gasteiger partial charge is 0.240 e. The number of nitrogens with two attached hydrogens (primary N) is 1. The number of hydrogen-bond acceptors (Lipinski definition) is 3. The third-order valence-electron chi connectivity index (χ3n) is 3.79. The van der Waals surface area contributed by atoms with Crippen molar-refractivity contribution in [2.45, 2.75) is 38.8 Å². The molecule has 1 fully saturated rings. The summed E-state index contributed by atoms with van der Waals surface area (Å²) in [5.41, 5.74) is 7.31. The average molecular weight is 280 g/mol. The molecule has 1 heterocycles. The molecule has 4 nitrogen and oxygen atoms in total. The van der Waals surface area contributed by atoms with Gasteiger partial charge in [0.25, 0.3) is 0 Å². The largest absolute Gasteiger partial charge is 0.381 e. The first-order chi connectivity index (χ1) is 9.42. The number of nitrogens with one attached hydrogen (secondary N) is 1. The van der Waals surface area contributed by atoms with Crippen molar-refractivity contribution in [1.29, 1.82) is 0 Å². The fourth-order valence-corrected chi connectivity index (χ4v) is 2.46. The number of benzene rings is 1. The molecule has 0 atom stereocenters. The van der Waals surface area contributed by atoms with Crippen LogP contribution in [0.3, 0.4) is 0 Å². The first kappa shape index (κ1) is 14.9. The normalized spacial score (nSPS) is 17.8. The first-order valence-corrected chi connectivity index (χ1v) is 6.83. The second kappa shape index (κ2) is 5.89. The van der Waals surface area contributed by atoms with Crippen LogP contribution >= 0.6 is 0 Å². The van der Waals surface area contributed by atoms with E-state index in [1.807, 2.05) is 0 Å². The maximum absolute atomic E-state index is 13.5. The van der Waals surface area contributed by atoms with Gasteiger partial charge in [-0.3, -0.25) is 4.79 Å². The Kier molecular flexibility index (Phi) is 4.40. The molecule has 0 aliphatic carbocycles. The third kappa shape index (κ3) is 3.16. The van der Waals surface area contributed by atoms with Gasteiger partial charge in [0.2, 0.25) is 5.91 Å². The molecular weight excluding hydrogens is 259 g/mol. The summed E-state index contributed by atoms with van der Waals surface area (Å²) in [6, 6.07) is 3.49. The number of aryl methyl sites for hydroxylation is 2. The molecular formula is C15H21FN2O2. The van der Waals surface area contributed by atoms with Crippen molar-refractivity contribution in [3.8, 4) is 0 Å². The Balaban J connectivity index is 2.00. The number of rotatable bonds is 3. The number of amides is 1. The van der Waals surface area contributed by atoms with Crippen molar-refractivity contribution in [1.82, 2.24) is 5.32 Å². The predicted octanol–water partition coefficient (Wildman–Crippen LogP) is 1.57. The van der Waals surface area contributed by atoms with Crippen LogP contribution in [0.2, 0.25) is 0 Å². The Morgan fingerprint density at radius 3 is 2.45 bits per heavy atom. The van der Waals surface area contributed by atoms with Crippen LogP contribution in [-0.4, -0.2) is 24.7 Å². The van der Waals surface area contributed by atoms with E-state index in [2.05, 4.69) is 5.32 Å². The zero-order chi connectivity index (χ0) is 14.8. The molecule has 0 spiro atoms. The summed E-state index contributed by atoms with van der Waals surface area (Å²) in [5.74, 6) is -0.361. The van der Waals surface area contributed by atoms with E-state index >= 15 is 0 Å². The zero-order valence-corrected chi connectivity index (χ0v) is 12.0. The van der Waals surface area contributed by atoms with Crippen LogP contribution in [-0.2, 0) is 16.1 Å². The molecule has 0 bridgehead atoms. The summed E-state index contributed by atoms with van der Waals surface area (Å²) >= 11 is 0. The summed E-state index contributed by atoms with van der Waals surface area (Å²) < 4.78 is 18.8. The van der Waals surface area contributed by atoms with Crippen molar-refractivity contribution in [2.24, 2.45) is 5.73 Å². The van der Waals surface area contributed by atoms with Gasteiger partial charge in [0.1, 0.15) is 5.82 Å². The van der Waals surface area contributed by atoms with Gasteiger partial charge >= 0.3 is 0 Å². The topological polar surface area (TPSA) is 64.4 Å². The van der Waals surface area contributed by atoms with Crippen LogP contribution in [0.1, 0.15) is 29.5 Å². The highest BCUT2D eigenvalue weighted by atomic mass is 19.1. The molecule has 1 aliphatic heterocycles. The Bertz CT molecular complexity index is 488. The number of carbonyl (C=O) groups excluding carboxylic acids is 1. The average Bonchev–Trinajstić information content (AvgIpc) is 2.42. The van der Waals surface area contributed by atoms with Crippen molar-refractivity contribution in [3.63, 3.8) is 0 Å². The van der Waals surface area contributed by atoms with E-state index in [9.17, 15) is 9.18 Å². The molecule has 0 aromatic heterocycles. The minimum Gasteiger partial charge on any atom is -0.381 e. The summed E-state index contributed by atoms with van der Waals surface area (Å²) in [6.07, 6.45) is 1.06. The highest BCUT2D eigenvalue weighted by Crippen LogP contribution is 2.18. The SMILES string of the molecule is Cc1cc(CNC(=O)C2(N)CCOCC2)cc(C)c1F. The molecule has 5 heteroatoms. The first-order valence-electron chi connectivity index (χ1n) is 6.83. The van der Waals surface area contributed by atoms with Crippen LogP contribution in [0.5, 0.6) is 0 Å². The van der Waals surface area contributed by atoms with E-state index in [4.69, 9.17) is 10.5 Å². The van der Waals surface area contributed by atoms with Crippen molar-refractivity contribution in [3.05, 3.63) is 34.6 Å². The fraction of sp³-hybridized carbons (Fsp3) is 0.533. The van der Waals surface area contributed by atoms with E-state index in [0.717, 1.165) is 5.56 Å². The molecule has 0 radical (unpaired) electrons. The second-order valence-corrected chi connectivity index (χ2v) is 5.49. The third-order valence-corrected chi connectivity index (χ3v) is 3.79. The molecule has 1 aromatic carbocycles. The Hall–Kier alpha value is -1.46. The van der Waals surface area contributed by atoms with Crippen LogP contribution in [0.15, 0.2) is 12.1 Å². The molecule has 1 aliphatic rings. The van der Waals surface area contributed by atoms with E-state index in [0.29, 0.717) is 43.7 Å². The summed E-state index contributed by atoms with van der Waals surface area (Å²) in [6.45, 7) is 4.82. The molecule has 3 N–H and O–H groups in total. The number of carbonyl (C=O) groups is 1. The molecule has 0 unspecified atom stereocenters. The van der Waals surface area contributed by atoms with Gasteiger partial charge in [-0.1, -0.05) is 12.1 Å². The van der Waals surface area contributed by atoms with Crippen molar-refractivity contribution < 1.29 is 13.9 Å². The quantitative estimate of drug-likeness (QED) is 0.883. The molecule has 20 heavy (non-hydrogen) atoms. The minimum atomic E-state index is -0.845. The van der Waals surface area contributed by atoms with Gasteiger partial charge in [0.05, 0.1) is 5.54 Å². The molecule has 2 rings (SSSR count). The van der Waals surface area contributed by atoms with E-state index in [1.165, 1.54) is 0 Å². The lowest BCUT2D eigenvalue weighted by molar-refractivity contribution is -0.129. The van der Waals surface area contributed by atoms with E-state index in [-0.39, 0.29) is 11.7 Å². The van der Waals surface area contributed by atoms with Crippen LogP contribution < -0.4 is 11.1 Å². The predicted molar refractivity (Wildman–Crippen MR) is 74.7 cm³/mol. The van der Waals surface area contributed by atoms with Gasteiger partial charge < -0.3 is 15.8 Å².